The lowest BCUT2D eigenvalue weighted by atomic mass is 10.0. The highest BCUT2D eigenvalue weighted by molar-refractivity contribution is 7.94. The van der Waals surface area contributed by atoms with Crippen LogP contribution in [0, 0.1) is 0 Å². The Hall–Kier alpha value is -2.02. The highest BCUT2D eigenvalue weighted by atomic mass is 35.5. The number of esters is 2. The van der Waals surface area contributed by atoms with Gasteiger partial charge in [0.15, 0.2) is 0 Å². The van der Waals surface area contributed by atoms with E-state index in [2.05, 4.69) is 13.2 Å². The molecule has 0 saturated carbocycles. The van der Waals surface area contributed by atoms with Crippen molar-refractivity contribution in [1.82, 2.24) is 0 Å². The predicted octanol–water partition coefficient (Wildman–Crippen LogP) is 6.39. The van der Waals surface area contributed by atoms with E-state index in [9.17, 15) is 9.59 Å². The first-order chi connectivity index (χ1) is 14.2. The minimum atomic E-state index is -0.504. The molecule has 1 N–H and O–H groups in total. The van der Waals surface area contributed by atoms with Crippen LogP contribution in [-0.2, 0) is 25.7 Å². The molecule has 0 atom stereocenters. The number of allylic oxidation sites excluding steroid dienone is 4. The standard InChI is InChI=1S/C22H28O4.CH3ClOS/c1-6-9-18(7-2)19-14-12-17(13-15-19)16-25-20(23)10-8-11-21(24)26-22(3,4)5;2-1-4-3/h6-7,9,12-15H,1-2,8,10-11,16H2,3-5H3;3H,1H2/b18-9+;. The summed E-state index contributed by atoms with van der Waals surface area (Å²) < 4.78 is 18.1. The monoisotopic (exact) mass is 454 g/mol. The van der Waals surface area contributed by atoms with E-state index >= 15 is 0 Å². The van der Waals surface area contributed by atoms with Crippen LogP contribution in [0.1, 0.15) is 51.2 Å². The maximum Gasteiger partial charge on any atom is 0.306 e. The fraction of sp³-hybridized carbons (Fsp3) is 0.391. The second-order valence-corrected chi connectivity index (χ2v) is 8.23. The molecule has 0 aliphatic carbocycles. The van der Waals surface area contributed by atoms with Gasteiger partial charge in [-0.15, -0.1) is 11.6 Å². The van der Waals surface area contributed by atoms with Crippen LogP contribution in [0.25, 0.3) is 5.57 Å². The van der Waals surface area contributed by atoms with E-state index in [-0.39, 0.29) is 36.6 Å². The van der Waals surface area contributed by atoms with Crippen molar-refractivity contribution in [2.75, 3.05) is 5.21 Å². The summed E-state index contributed by atoms with van der Waals surface area (Å²) in [6.07, 6.45) is 6.18. The zero-order valence-electron chi connectivity index (χ0n) is 17.9. The lowest BCUT2D eigenvalue weighted by Gasteiger charge is -2.19. The molecule has 0 fully saturated rings. The van der Waals surface area contributed by atoms with Gasteiger partial charge in [0.2, 0.25) is 0 Å². The van der Waals surface area contributed by atoms with Gasteiger partial charge in [-0.25, -0.2) is 0 Å². The van der Waals surface area contributed by atoms with Gasteiger partial charge in [-0.3, -0.25) is 9.59 Å². The largest absolute Gasteiger partial charge is 0.461 e. The first kappa shape index (κ1) is 28.0. The number of rotatable bonds is 10. The molecular weight excluding hydrogens is 424 g/mol. The average molecular weight is 455 g/mol. The van der Waals surface area contributed by atoms with Crippen LogP contribution in [0.2, 0.25) is 0 Å². The summed E-state index contributed by atoms with van der Waals surface area (Å²) in [5, 5.41) is 0.264. The molecule has 0 heterocycles. The molecule has 1 aromatic carbocycles. The SMILES string of the molecule is C=C/C=C(\C=C)c1ccc(COC(=O)CCCC(=O)OC(C)(C)C)cc1.OSCCl. The Labute approximate surface area is 189 Å². The summed E-state index contributed by atoms with van der Waals surface area (Å²) in [5.41, 5.74) is 2.39. The van der Waals surface area contributed by atoms with E-state index in [0.29, 0.717) is 18.5 Å². The van der Waals surface area contributed by atoms with Gasteiger partial charge in [0.05, 0.1) is 5.21 Å². The smallest absolute Gasteiger partial charge is 0.306 e. The highest BCUT2D eigenvalue weighted by Gasteiger charge is 2.16. The van der Waals surface area contributed by atoms with Crippen molar-refractivity contribution in [3.05, 3.63) is 66.8 Å². The van der Waals surface area contributed by atoms with E-state index in [1.807, 2.05) is 51.1 Å². The third-order valence-electron chi connectivity index (χ3n) is 3.44. The van der Waals surface area contributed by atoms with Gasteiger partial charge in [-0.05, 0) is 43.9 Å². The van der Waals surface area contributed by atoms with Gasteiger partial charge in [0.1, 0.15) is 12.2 Å². The number of hydrogen-bond donors (Lipinski definition) is 1. The molecule has 0 aliphatic rings. The third-order valence-corrected chi connectivity index (χ3v) is 3.83. The van der Waals surface area contributed by atoms with Crippen LogP contribution in [0.5, 0.6) is 0 Å². The first-order valence-corrected chi connectivity index (χ1v) is 10.9. The molecule has 0 radical (unpaired) electrons. The van der Waals surface area contributed by atoms with E-state index in [4.69, 9.17) is 25.6 Å². The van der Waals surface area contributed by atoms with Gasteiger partial charge in [-0.2, -0.15) is 0 Å². The maximum absolute atomic E-state index is 11.8. The Morgan fingerprint density at radius 2 is 1.70 bits per heavy atom. The van der Waals surface area contributed by atoms with Gasteiger partial charge in [-0.1, -0.05) is 55.7 Å². The average Bonchev–Trinajstić information content (AvgIpc) is 2.69. The molecule has 1 rings (SSSR count). The summed E-state index contributed by atoms with van der Waals surface area (Å²) in [7, 11) is 0. The molecule has 0 aromatic heterocycles. The number of alkyl halides is 1. The summed E-state index contributed by atoms with van der Waals surface area (Å²) in [6, 6.07) is 7.71. The summed E-state index contributed by atoms with van der Waals surface area (Å²) in [4.78, 5) is 23.4. The first-order valence-electron chi connectivity index (χ1n) is 9.41. The number of benzene rings is 1. The second-order valence-electron chi connectivity index (χ2n) is 7.10. The second kappa shape index (κ2) is 15.8. The van der Waals surface area contributed by atoms with Crippen molar-refractivity contribution < 1.29 is 23.6 Å². The molecule has 1 aromatic rings. The van der Waals surface area contributed by atoms with E-state index < -0.39 is 5.60 Å². The number of hydrogen-bond acceptors (Lipinski definition) is 6. The molecule has 7 heteroatoms. The highest BCUT2D eigenvalue weighted by Crippen LogP contribution is 2.17. The molecule has 0 aliphatic heterocycles. The molecular formula is C23H31ClO5S. The summed E-state index contributed by atoms with van der Waals surface area (Å²) >= 11 is 5.52. The van der Waals surface area contributed by atoms with Gasteiger partial charge >= 0.3 is 11.9 Å². The molecule has 0 unspecified atom stereocenters. The lowest BCUT2D eigenvalue weighted by Crippen LogP contribution is -2.23. The molecule has 166 valence electrons. The quantitative estimate of drug-likeness (QED) is 0.191. The lowest BCUT2D eigenvalue weighted by molar-refractivity contribution is -0.155. The van der Waals surface area contributed by atoms with Crippen molar-refractivity contribution in [2.24, 2.45) is 0 Å². The van der Waals surface area contributed by atoms with Crippen molar-refractivity contribution >= 4 is 41.2 Å². The van der Waals surface area contributed by atoms with Crippen LogP contribution in [0.4, 0.5) is 0 Å². The zero-order valence-corrected chi connectivity index (χ0v) is 19.4. The minimum absolute atomic E-state index is 0.194. The Morgan fingerprint density at radius 3 is 2.17 bits per heavy atom. The molecule has 30 heavy (non-hydrogen) atoms. The Balaban J connectivity index is 0.00000192. The maximum atomic E-state index is 11.8. The summed E-state index contributed by atoms with van der Waals surface area (Å²) in [6.45, 7) is 13.1. The van der Waals surface area contributed by atoms with Gasteiger partial charge < -0.3 is 14.0 Å². The minimum Gasteiger partial charge on any atom is -0.461 e. The Morgan fingerprint density at radius 1 is 1.13 bits per heavy atom. The van der Waals surface area contributed by atoms with Crippen LogP contribution in [-0.4, -0.2) is 27.3 Å². The zero-order chi connectivity index (χ0) is 23.0. The molecule has 0 spiro atoms. The number of ether oxygens (including phenoxy) is 2. The van der Waals surface area contributed by atoms with E-state index in [1.165, 1.54) is 0 Å². The van der Waals surface area contributed by atoms with Crippen LogP contribution in [0.3, 0.4) is 0 Å². The number of halogens is 1. The summed E-state index contributed by atoms with van der Waals surface area (Å²) in [5.74, 6) is -0.623. The van der Waals surface area contributed by atoms with Crippen LogP contribution < -0.4 is 0 Å². The third kappa shape index (κ3) is 14.0. The predicted molar refractivity (Wildman–Crippen MR) is 125 cm³/mol. The Kier molecular flexibility index (Phi) is 14.7. The molecule has 0 bridgehead atoms. The van der Waals surface area contributed by atoms with Crippen molar-refractivity contribution in [3.63, 3.8) is 0 Å². The van der Waals surface area contributed by atoms with Crippen molar-refractivity contribution in [1.29, 1.82) is 0 Å². The van der Waals surface area contributed by atoms with Crippen molar-refractivity contribution in [2.45, 2.75) is 52.2 Å². The van der Waals surface area contributed by atoms with Crippen molar-refractivity contribution in [3.8, 4) is 0 Å². The van der Waals surface area contributed by atoms with Gasteiger partial charge in [0, 0.05) is 24.9 Å². The Bertz CT molecular complexity index is 703. The number of carbonyl (C=O) groups excluding carboxylic acids is 2. The topological polar surface area (TPSA) is 72.8 Å². The molecule has 0 saturated heterocycles. The van der Waals surface area contributed by atoms with Crippen LogP contribution in [0.15, 0.2) is 55.7 Å². The van der Waals surface area contributed by atoms with Gasteiger partial charge in [0.25, 0.3) is 0 Å². The van der Waals surface area contributed by atoms with E-state index in [1.54, 1.807) is 12.2 Å². The number of carbonyl (C=O) groups is 2. The van der Waals surface area contributed by atoms with Crippen LogP contribution >= 0.6 is 23.6 Å². The molecule has 5 nitrogen and oxygen atoms in total. The molecule has 0 amide bonds. The normalized spacial score (nSPS) is 11.0. The fourth-order valence-corrected chi connectivity index (χ4v) is 2.21. The van der Waals surface area contributed by atoms with E-state index in [0.717, 1.165) is 16.7 Å². The fourth-order valence-electron chi connectivity index (χ4n) is 2.21.